The second-order valence-corrected chi connectivity index (χ2v) is 6.94. The Morgan fingerprint density at radius 2 is 1.95 bits per heavy atom. The third kappa shape index (κ3) is 3.96. The number of halogens is 1. The monoisotopic (exact) mass is 347 g/mol. The summed E-state index contributed by atoms with van der Waals surface area (Å²) in [5, 5.41) is 5.64. The van der Waals surface area contributed by atoms with Gasteiger partial charge in [0.05, 0.1) is 7.11 Å². The van der Waals surface area contributed by atoms with E-state index in [0.29, 0.717) is 23.7 Å². The molecule has 2 rings (SSSR count). The number of piperazine rings is 1. The molecule has 0 aromatic heterocycles. The van der Waals surface area contributed by atoms with E-state index in [4.69, 9.17) is 21.5 Å². The molecule has 1 saturated heterocycles. The number of nitrogens with two attached hydrogens (primary N) is 1. The number of benzene rings is 1. The molecule has 1 heterocycles. The molecule has 9 heteroatoms. The van der Waals surface area contributed by atoms with Crippen molar-refractivity contribution < 1.29 is 17.9 Å². The van der Waals surface area contributed by atoms with Gasteiger partial charge in [0.15, 0.2) is 0 Å². The number of esters is 1. The van der Waals surface area contributed by atoms with Crippen molar-refractivity contribution in [1.29, 1.82) is 0 Å². The van der Waals surface area contributed by atoms with Crippen LogP contribution in [0.5, 0.6) is 0 Å². The van der Waals surface area contributed by atoms with Crippen LogP contribution in [-0.2, 0) is 19.7 Å². The molecule has 0 spiro atoms. The highest BCUT2D eigenvalue weighted by Crippen LogP contribution is 2.26. The Hall–Kier alpha value is -1.19. The Labute approximate surface area is 134 Å². The molecule has 0 aliphatic carbocycles. The lowest BCUT2D eigenvalue weighted by atomic mass is 10.0. The molecule has 0 amide bonds. The normalized spacial score (nSPS) is 18.9. The van der Waals surface area contributed by atoms with Crippen molar-refractivity contribution in [2.45, 2.75) is 6.04 Å². The summed E-state index contributed by atoms with van der Waals surface area (Å²) < 4.78 is 28.8. The first-order valence-corrected chi connectivity index (χ1v) is 8.56. The van der Waals surface area contributed by atoms with Gasteiger partial charge in [0.25, 0.3) is 10.2 Å². The van der Waals surface area contributed by atoms with Crippen molar-refractivity contribution >= 4 is 27.8 Å². The van der Waals surface area contributed by atoms with Crippen molar-refractivity contribution in [2.75, 3.05) is 33.3 Å². The van der Waals surface area contributed by atoms with E-state index in [1.807, 2.05) is 4.90 Å². The molecule has 1 aromatic carbocycles. The minimum atomic E-state index is -3.70. The summed E-state index contributed by atoms with van der Waals surface area (Å²) in [6, 6.07) is 6.35. The number of hydrogen-bond acceptors (Lipinski definition) is 5. The summed E-state index contributed by atoms with van der Waals surface area (Å²) in [7, 11) is -2.38. The SMILES string of the molecule is COC(=O)[C@H](c1cccc(Cl)c1)N1CCN(S(N)(=O)=O)CC1. The van der Waals surface area contributed by atoms with Crippen LogP contribution in [0.1, 0.15) is 11.6 Å². The first kappa shape index (κ1) is 17.2. The number of nitrogens with zero attached hydrogens (tertiary/aromatic N) is 2. The Balaban J connectivity index is 2.20. The maximum atomic E-state index is 12.1. The van der Waals surface area contributed by atoms with Crippen molar-refractivity contribution in [2.24, 2.45) is 5.14 Å². The average molecular weight is 348 g/mol. The van der Waals surface area contributed by atoms with Crippen LogP contribution < -0.4 is 5.14 Å². The average Bonchev–Trinajstić information content (AvgIpc) is 2.47. The number of hydrogen-bond donors (Lipinski definition) is 1. The third-order valence-corrected chi connectivity index (χ3v) is 4.91. The molecule has 0 unspecified atom stereocenters. The zero-order chi connectivity index (χ0) is 16.3. The van der Waals surface area contributed by atoms with Crippen molar-refractivity contribution in [3.63, 3.8) is 0 Å². The molecule has 1 aliphatic heterocycles. The molecule has 0 saturated carbocycles. The van der Waals surface area contributed by atoms with Crippen molar-refractivity contribution in [1.82, 2.24) is 9.21 Å². The number of rotatable bonds is 4. The van der Waals surface area contributed by atoms with Crippen LogP contribution in [0.2, 0.25) is 5.02 Å². The number of carbonyl (C=O) groups excluding carboxylic acids is 1. The highest BCUT2D eigenvalue weighted by Gasteiger charge is 2.33. The standard InChI is InChI=1S/C13H18ClN3O4S/c1-21-13(18)12(10-3-2-4-11(14)9-10)16-5-7-17(8-6-16)22(15,19)20/h2-4,9,12H,5-8H2,1H3,(H2,15,19,20)/t12-/m0/s1. The minimum absolute atomic E-state index is 0.229. The fourth-order valence-corrected chi connectivity index (χ4v) is 3.37. The Bertz CT molecular complexity index is 644. The lowest BCUT2D eigenvalue weighted by molar-refractivity contribution is -0.147. The van der Waals surface area contributed by atoms with Gasteiger partial charge in [-0.3, -0.25) is 4.90 Å². The van der Waals surface area contributed by atoms with Crippen LogP contribution in [0, 0.1) is 0 Å². The zero-order valence-electron chi connectivity index (χ0n) is 12.1. The molecule has 1 aliphatic rings. The Morgan fingerprint density at radius 3 is 2.45 bits per heavy atom. The van der Waals surface area contributed by atoms with Gasteiger partial charge in [-0.1, -0.05) is 23.7 Å². The van der Waals surface area contributed by atoms with E-state index in [0.717, 1.165) is 0 Å². The first-order chi connectivity index (χ1) is 10.3. The van der Waals surface area contributed by atoms with Crippen LogP contribution in [-0.4, -0.2) is 56.9 Å². The second kappa shape index (κ2) is 6.93. The predicted octanol–water partition coefficient (Wildman–Crippen LogP) is 0.375. The molecule has 1 atom stereocenters. The largest absolute Gasteiger partial charge is 0.468 e. The van der Waals surface area contributed by atoms with E-state index < -0.39 is 22.2 Å². The molecule has 1 aromatic rings. The van der Waals surface area contributed by atoms with E-state index in [-0.39, 0.29) is 13.1 Å². The molecule has 7 nitrogen and oxygen atoms in total. The maximum Gasteiger partial charge on any atom is 0.327 e. The van der Waals surface area contributed by atoms with Gasteiger partial charge < -0.3 is 4.74 Å². The van der Waals surface area contributed by atoms with Gasteiger partial charge >= 0.3 is 5.97 Å². The van der Waals surface area contributed by atoms with Gasteiger partial charge in [0.1, 0.15) is 6.04 Å². The number of ether oxygens (including phenoxy) is 1. The predicted molar refractivity (Wildman–Crippen MR) is 82.5 cm³/mol. The highest BCUT2D eigenvalue weighted by atomic mass is 35.5. The van der Waals surface area contributed by atoms with Crippen molar-refractivity contribution in [3.8, 4) is 0 Å². The summed E-state index contributed by atoms with van der Waals surface area (Å²) in [6.07, 6.45) is 0. The van der Waals surface area contributed by atoms with E-state index in [9.17, 15) is 13.2 Å². The summed E-state index contributed by atoms with van der Waals surface area (Å²) in [6.45, 7) is 1.21. The number of methoxy groups -OCH3 is 1. The Morgan fingerprint density at radius 1 is 1.32 bits per heavy atom. The molecule has 0 radical (unpaired) electrons. The van der Waals surface area contributed by atoms with E-state index in [1.54, 1.807) is 24.3 Å². The smallest absolute Gasteiger partial charge is 0.327 e. The van der Waals surface area contributed by atoms with Crippen LogP contribution in [0.25, 0.3) is 0 Å². The van der Waals surface area contributed by atoms with E-state index in [1.165, 1.54) is 11.4 Å². The zero-order valence-corrected chi connectivity index (χ0v) is 13.7. The minimum Gasteiger partial charge on any atom is -0.468 e. The van der Waals surface area contributed by atoms with Gasteiger partial charge in [0, 0.05) is 31.2 Å². The fourth-order valence-electron chi connectivity index (χ4n) is 2.50. The molecular formula is C13H18ClN3O4S. The molecule has 0 bridgehead atoms. The van der Waals surface area contributed by atoms with Crippen LogP contribution in [0.15, 0.2) is 24.3 Å². The molecule has 1 fully saturated rings. The molecular weight excluding hydrogens is 330 g/mol. The van der Waals surface area contributed by atoms with Gasteiger partial charge in [0.2, 0.25) is 0 Å². The van der Waals surface area contributed by atoms with E-state index >= 15 is 0 Å². The summed E-state index contributed by atoms with van der Waals surface area (Å²) >= 11 is 5.98. The lowest BCUT2D eigenvalue weighted by Crippen LogP contribution is -2.52. The lowest BCUT2D eigenvalue weighted by Gasteiger charge is -2.36. The quantitative estimate of drug-likeness (QED) is 0.794. The maximum absolute atomic E-state index is 12.1. The summed E-state index contributed by atoms with van der Waals surface area (Å²) in [4.78, 5) is 14.0. The second-order valence-electron chi connectivity index (χ2n) is 4.96. The van der Waals surface area contributed by atoms with Gasteiger partial charge in [-0.05, 0) is 17.7 Å². The first-order valence-electron chi connectivity index (χ1n) is 6.68. The molecule has 22 heavy (non-hydrogen) atoms. The van der Waals surface area contributed by atoms with Gasteiger partial charge in [-0.25, -0.2) is 9.93 Å². The number of carbonyl (C=O) groups is 1. The summed E-state index contributed by atoms with van der Waals surface area (Å²) in [5.41, 5.74) is 0.711. The summed E-state index contributed by atoms with van der Waals surface area (Å²) in [5.74, 6) is -0.411. The third-order valence-electron chi connectivity index (χ3n) is 3.59. The van der Waals surface area contributed by atoms with Crippen LogP contribution >= 0.6 is 11.6 Å². The topological polar surface area (TPSA) is 92.9 Å². The van der Waals surface area contributed by atoms with Crippen LogP contribution in [0.4, 0.5) is 0 Å². The molecule has 122 valence electrons. The van der Waals surface area contributed by atoms with E-state index in [2.05, 4.69) is 0 Å². The van der Waals surface area contributed by atoms with Gasteiger partial charge in [-0.2, -0.15) is 12.7 Å². The van der Waals surface area contributed by atoms with Gasteiger partial charge in [-0.15, -0.1) is 0 Å². The van der Waals surface area contributed by atoms with Crippen molar-refractivity contribution in [3.05, 3.63) is 34.9 Å². The van der Waals surface area contributed by atoms with Crippen LogP contribution in [0.3, 0.4) is 0 Å². The highest BCUT2D eigenvalue weighted by molar-refractivity contribution is 7.86. The Kier molecular flexibility index (Phi) is 5.41. The fraction of sp³-hybridized carbons (Fsp3) is 0.462. The molecule has 2 N–H and O–H groups in total.